The Morgan fingerprint density at radius 2 is 1.94 bits per heavy atom. The number of hydrogen-bond donors (Lipinski definition) is 1. The van der Waals surface area contributed by atoms with Gasteiger partial charge in [0.2, 0.25) is 0 Å². The lowest BCUT2D eigenvalue weighted by molar-refractivity contribution is 0.109. The predicted molar refractivity (Wildman–Crippen MR) is 62.7 cm³/mol. The van der Waals surface area contributed by atoms with E-state index in [4.69, 9.17) is 4.42 Å². The fourth-order valence-corrected chi connectivity index (χ4v) is 1.48. The van der Waals surface area contributed by atoms with Gasteiger partial charge in [0.25, 0.3) is 0 Å². The van der Waals surface area contributed by atoms with Crippen molar-refractivity contribution in [3.8, 4) is 0 Å². The normalized spacial score (nSPS) is 10.0. The Hall–Kier alpha value is -2.03. The summed E-state index contributed by atoms with van der Waals surface area (Å²) in [5.74, 6) is 1.21. The Bertz CT molecular complexity index is 448. The minimum absolute atomic E-state index is 0.384. The highest BCUT2D eigenvalue weighted by Crippen LogP contribution is 2.08. The van der Waals surface area contributed by atoms with E-state index in [9.17, 15) is 4.79 Å². The summed E-state index contributed by atoms with van der Waals surface area (Å²) < 4.78 is 5.26. The maximum atomic E-state index is 10.4. The van der Waals surface area contributed by atoms with Gasteiger partial charge in [-0.25, -0.2) is 0 Å². The molecule has 82 valence electrons. The number of furan rings is 1. The molecule has 2 rings (SSSR count). The van der Waals surface area contributed by atoms with Crippen molar-refractivity contribution in [1.29, 1.82) is 0 Å². The zero-order chi connectivity index (χ0) is 11.2. The summed E-state index contributed by atoms with van der Waals surface area (Å²) in [4.78, 5) is 10.4. The van der Waals surface area contributed by atoms with Crippen LogP contribution in [0, 0.1) is 0 Å². The molecule has 1 N–H and O–H groups in total. The van der Waals surface area contributed by atoms with Crippen LogP contribution >= 0.6 is 0 Å². The van der Waals surface area contributed by atoms with Crippen LogP contribution in [0.15, 0.2) is 46.9 Å². The van der Waals surface area contributed by atoms with Crippen molar-refractivity contribution in [3.63, 3.8) is 0 Å². The van der Waals surface area contributed by atoms with Crippen molar-refractivity contribution < 1.29 is 9.21 Å². The number of benzene rings is 1. The molecule has 0 saturated carbocycles. The van der Waals surface area contributed by atoms with Gasteiger partial charge in [-0.3, -0.25) is 4.79 Å². The monoisotopic (exact) mass is 215 g/mol. The number of rotatable bonds is 5. The van der Waals surface area contributed by atoms with Gasteiger partial charge >= 0.3 is 0 Å². The third-order valence-electron chi connectivity index (χ3n) is 2.27. The van der Waals surface area contributed by atoms with E-state index in [0.29, 0.717) is 12.0 Å². The molecule has 0 spiro atoms. The maximum Gasteiger partial charge on any atom is 0.185 e. The van der Waals surface area contributed by atoms with E-state index < -0.39 is 0 Å². The molecule has 0 saturated heterocycles. The second kappa shape index (κ2) is 5.16. The quantitative estimate of drug-likeness (QED) is 0.780. The molecule has 0 atom stereocenters. The predicted octanol–water partition coefficient (Wildman–Crippen LogP) is 2.75. The van der Waals surface area contributed by atoms with Gasteiger partial charge in [0, 0.05) is 18.7 Å². The number of carbonyl (C=O) groups excluding carboxylic acids is 1. The van der Waals surface area contributed by atoms with Crippen LogP contribution in [0.3, 0.4) is 0 Å². The lowest BCUT2D eigenvalue weighted by Gasteiger charge is -2.03. The Balaban J connectivity index is 1.82. The Labute approximate surface area is 94.1 Å². The minimum atomic E-state index is 0.384. The standard InChI is InChI=1S/C13H13NO2/c15-10-13-7-6-12(16-13)8-9-14-11-4-2-1-3-5-11/h1-7,10,14H,8-9H2. The van der Waals surface area contributed by atoms with Crippen molar-refractivity contribution in [3.05, 3.63) is 54.0 Å². The zero-order valence-corrected chi connectivity index (χ0v) is 8.85. The smallest absolute Gasteiger partial charge is 0.185 e. The van der Waals surface area contributed by atoms with E-state index in [1.165, 1.54) is 0 Å². The molecule has 0 bridgehead atoms. The van der Waals surface area contributed by atoms with Crippen molar-refractivity contribution in [1.82, 2.24) is 0 Å². The van der Waals surface area contributed by atoms with Crippen LogP contribution in [0.4, 0.5) is 5.69 Å². The average Bonchev–Trinajstić information content (AvgIpc) is 2.78. The molecule has 0 radical (unpaired) electrons. The van der Waals surface area contributed by atoms with Crippen molar-refractivity contribution >= 4 is 12.0 Å². The van der Waals surface area contributed by atoms with Gasteiger partial charge in [-0.1, -0.05) is 18.2 Å². The van der Waals surface area contributed by atoms with E-state index in [2.05, 4.69) is 5.32 Å². The van der Waals surface area contributed by atoms with Crippen LogP contribution < -0.4 is 5.32 Å². The molecule has 0 aliphatic rings. The van der Waals surface area contributed by atoms with Crippen molar-refractivity contribution in [2.45, 2.75) is 6.42 Å². The van der Waals surface area contributed by atoms with Crippen molar-refractivity contribution in [2.75, 3.05) is 11.9 Å². The minimum Gasteiger partial charge on any atom is -0.458 e. The summed E-state index contributed by atoms with van der Waals surface area (Å²) in [6.45, 7) is 0.788. The highest BCUT2D eigenvalue weighted by molar-refractivity contribution is 5.70. The third kappa shape index (κ3) is 2.73. The molecular weight excluding hydrogens is 202 g/mol. The van der Waals surface area contributed by atoms with E-state index in [1.54, 1.807) is 6.07 Å². The van der Waals surface area contributed by atoms with Gasteiger partial charge in [0.15, 0.2) is 12.0 Å². The van der Waals surface area contributed by atoms with Crippen LogP contribution in [0.1, 0.15) is 16.3 Å². The number of aldehydes is 1. The summed E-state index contributed by atoms with van der Waals surface area (Å²) in [5, 5.41) is 3.27. The molecule has 0 aliphatic heterocycles. The van der Waals surface area contributed by atoms with Gasteiger partial charge in [0.1, 0.15) is 5.76 Å². The van der Waals surface area contributed by atoms with Gasteiger partial charge in [-0.15, -0.1) is 0 Å². The molecule has 0 aliphatic carbocycles. The fraction of sp³-hybridized carbons (Fsp3) is 0.154. The maximum absolute atomic E-state index is 10.4. The highest BCUT2D eigenvalue weighted by Gasteiger charge is 2.00. The molecule has 1 aromatic carbocycles. The largest absolute Gasteiger partial charge is 0.458 e. The first-order valence-corrected chi connectivity index (χ1v) is 5.21. The van der Waals surface area contributed by atoms with Crippen LogP contribution in [-0.2, 0) is 6.42 Å². The molecular formula is C13H13NO2. The number of para-hydroxylation sites is 1. The van der Waals surface area contributed by atoms with Crippen LogP contribution in [0.25, 0.3) is 0 Å². The summed E-state index contributed by atoms with van der Waals surface area (Å²) in [5.41, 5.74) is 1.09. The Morgan fingerprint density at radius 3 is 2.62 bits per heavy atom. The Morgan fingerprint density at radius 1 is 1.12 bits per heavy atom. The van der Waals surface area contributed by atoms with E-state index >= 15 is 0 Å². The summed E-state index contributed by atoms with van der Waals surface area (Å²) in [6.07, 6.45) is 1.48. The SMILES string of the molecule is O=Cc1ccc(CCNc2ccccc2)o1. The van der Waals surface area contributed by atoms with Crippen LogP contribution in [0.2, 0.25) is 0 Å². The molecule has 3 heteroatoms. The molecule has 0 fully saturated rings. The number of carbonyl (C=O) groups is 1. The Kier molecular flexibility index (Phi) is 3.38. The number of hydrogen-bond acceptors (Lipinski definition) is 3. The van der Waals surface area contributed by atoms with Gasteiger partial charge in [-0.2, -0.15) is 0 Å². The van der Waals surface area contributed by atoms with Crippen LogP contribution in [-0.4, -0.2) is 12.8 Å². The van der Waals surface area contributed by atoms with E-state index in [1.807, 2.05) is 36.4 Å². The highest BCUT2D eigenvalue weighted by atomic mass is 16.3. The zero-order valence-electron chi connectivity index (χ0n) is 8.85. The molecule has 16 heavy (non-hydrogen) atoms. The molecule has 3 nitrogen and oxygen atoms in total. The molecule has 1 aromatic heterocycles. The lowest BCUT2D eigenvalue weighted by Crippen LogP contribution is -2.03. The average molecular weight is 215 g/mol. The first-order valence-electron chi connectivity index (χ1n) is 5.21. The van der Waals surface area contributed by atoms with E-state index in [0.717, 1.165) is 24.4 Å². The first-order chi connectivity index (χ1) is 7.88. The van der Waals surface area contributed by atoms with Crippen molar-refractivity contribution in [2.24, 2.45) is 0 Å². The van der Waals surface area contributed by atoms with Gasteiger partial charge < -0.3 is 9.73 Å². The fourth-order valence-electron chi connectivity index (χ4n) is 1.48. The number of nitrogens with one attached hydrogen (secondary N) is 1. The molecule has 1 heterocycles. The first kappa shape index (κ1) is 10.5. The van der Waals surface area contributed by atoms with Gasteiger partial charge in [0.05, 0.1) is 0 Å². The molecule has 0 amide bonds. The van der Waals surface area contributed by atoms with E-state index in [-0.39, 0.29) is 0 Å². The molecule has 0 unspecified atom stereocenters. The molecule has 2 aromatic rings. The lowest BCUT2D eigenvalue weighted by atomic mass is 10.3. The second-order valence-corrected chi connectivity index (χ2v) is 3.46. The van der Waals surface area contributed by atoms with Gasteiger partial charge in [-0.05, 0) is 24.3 Å². The number of anilines is 1. The van der Waals surface area contributed by atoms with Crippen LogP contribution in [0.5, 0.6) is 0 Å². The summed E-state index contributed by atoms with van der Waals surface area (Å²) >= 11 is 0. The summed E-state index contributed by atoms with van der Waals surface area (Å²) in [7, 11) is 0. The second-order valence-electron chi connectivity index (χ2n) is 3.46. The topological polar surface area (TPSA) is 42.2 Å². The third-order valence-corrected chi connectivity index (χ3v) is 2.27. The summed E-state index contributed by atoms with van der Waals surface area (Å²) in [6, 6.07) is 13.5.